The number of allylic oxidation sites excluding steroid dienone is 1. The molecule has 0 saturated carbocycles. The first kappa shape index (κ1) is 15.1. The summed E-state index contributed by atoms with van der Waals surface area (Å²) in [5, 5.41) is 0. The van der Waals surface area contributed by atoms with Gasteiger partial charge in [0.15, 0.2) is 0 Å². The van der Waals surface area contributed by atoms with Gasteiger partial charge >= 0.3 is 11.9 Å². The third-order valence-electron chi connectivity index (χ3n) is 3.38. The van der Waals surface area contributed by atoms with Gasteiger partial charge in [0, 0.05) is 0 Å². The molecule has 0 radical (unpaired) electrons. The van der Waals surface area contributed by atoms with Crippen LogP contribution in [0.25, 0.3) is 0 Å². The Morgan fingerprint density at radius 1 is 1.24 bits per heavy atom. The Morgan fingerprint density at radius 3 is 2.48 bits per heavy atom. The number of esters is 2. The summed E-state index contributed by atoms with van der Waals surface area (Å²) in [6.07, 6.45) is -0.860. The number of carbonyl (C=O) groups is 2. The van der Waals surface area contributed by atoms with E-state index in [4.69, 9.17) is 14.2 Å². The van der Waals surface area contributed by atoms with Crippen LogP contribution in [0.15, 0.2) is 41.7 Å². The van der Waals surface area contributed by atoms with Crippen molar-refractivity contribution in [1.29, 1.82) is 0 Å². The van der Waals surface area contributed by atoms with Crippen molar-refractivity contribution >= 4 is 11.9 Å². The average Bonchev–Trinajstić information content (AvgIpc) is 2.85. The number of rotatable bonds is 4. The quantitative estimate of drug-likeness (QED) is 0.795. The van der Waals surface area contributed by atoms with Crippen LogP contribution in [-0.4, -0.2) is 31.8 Å². The topological polar surface area (TPSA) is 61.8 Å². The maximum Gasteiger partial charge on any atom is 0.348 e. The van der Waals surface area contributed by atoms with Gasteiger partial charge in [-0.05, 0) is 19.4 Å². The van der Waals surface area contributed by atoms with Crippen LogP contribution in [-0.2, 0) is 23.8 Å². The van der Waals surface area contributed by atoms with E-state index >= 15 is 0 Å². The SMILES string of the molecule is CCOC(=O)C1OC(C)=C(C(=O)OC)C1c1ccccc1. The summed E-state index contributed by atoms with van der Waals surface area (Å²) in [4.78, 5) is 24.1. The first-order chi connectivity index (χ1) is 10.1. The predicted molar refractivity (Wildman–Crippen MR) is 75.4 cm³/mol. The Morgan fingerprint density at radius 2 is 1.90 bits per heavy atom. The Hall–Kier alpha value is -2.30. The highest BCUT2D eigenvalue weighted by Crippen LogP contribution is 2.40. The van der Waals surface area contributed by atoms with Crippen LogP contribution in [0.5, 0.6) is 0 Å². The van der Waals surface area contributed by atoms with Crippen LogP contribution in [0.1, 0.15) is 25.3 Å². The van der Waals surface area contributed by atoms with E-state index in [9.17, 15) is 9.59 Å². The largest absolute Gasteiger partial charge is 0.482 e. The van der Waals surface area contributed by atoms with Crippen LogP contribution in [0.2, 0.25) is 0 Å². The lowest BCUT2D eigenvalue weighted by Gasteiger charge is -2.19. The lowest BCUT2D eigenvalue weighted by atomic mass is 9.87. The molecular formula is C16H18O5. The Labute approximate surface area is 123 Å². The fourth-order valence-electron chi connectivity index (χ4n) is 2.48. The smallest absolute Gasteiger partial charge is 0.348 e. The lowest BCUT2D eigenvalue weighted by Crippen LogP contribution is -2.30. The number of carbonyl (C=O) groups excluding carboxylic acids is 2. The van der Waals surface area contributed by atoms with Gasteiger partial charge < -0.3 is 14.2 Å². The predicted octanol–water partition coefficient (Wildman–Crippen LogP) is 2.18. The van der Waals surface area contributed by atoms with E-state index in [1.54, 1.807) is 13.8 Å². The van der Waals surface area contributed by atoms with E-state index in [0.717, 1.165) is 5.56 Å². The monoisotopic (exact) mass is 290 g/mol. The van der Waals surface area contributed by atoms with Gasteiger partial charge in [0.05, 0.1) is 25.2 Å². The molecule has 2 rings (SSSR count). The van der Waals surface area contributed by atoms with Gasteiger partial charge in [-0.25, -0.2) is 9.59 Å². The van der Waals surface area contributed by atoms with Gasteiger partial charge in [-0.2, -0.15) is 0 Å². The fraction of sp³-hybridized carbons (Fsp3) is 0.375. The molecule has 2 unspecified atom stereocenters. The van der Waals surface area contributed by atoms with Gasteiger partial charge in [0.25, 0.3) is 0 Å². The van der Waals surface area contributed by atoms with E-state index < -0.39 is 24.0 Å². The molecule has 2 atom stereocenters. The van der Waals surface area contributed by atoms with Crippen LogP contribution < -0.4 is 0 Å². The van der Waals surface area contributed by atoms with E-state index in [2.05, 4.69) is 0 Å². The maximum absolute atomic E-state index is 12.1. The van der Waals surface area contributed by atoms with Crippen LogP contribution in [0.4, 0.5) is 0 Å². The van der Waals surface area contributed by atoms with Crippen molar-refractivity contribution in [2.45, 2.75) is 25.9 Å². The number of hydrogen-bond acceptors (Lipinski definition) is 5. The molecule has 0 saturated heterocycles. The van der Waals surface area contributed by atoms with Crippen molar-refractivity contribution in [3.8, 4) is 0 Å². The zero-order chi connectivity index (χ0) is 15.4. The van der Waals surface area contributed by atoms with Crippen molar-refractivity contribution in [2.75, 3.05) is 13.7 Å². The molecule has 0 aromatic heterocycles. The van der Waals surface area contributed by atoms with Crippen molar-refractivity contribution in [2.24, 2.45) is 0 Å². The van der Waals surface area contributed by atoms with E-state index in [1.165, 1.54) is 7.11 Å². The van der Waals surface area contributed by atoms with Gasteiger partial charge in [-0.3, -0.25) is 0 Å². The minimum atomic E-state index is -0.860. The molecule has 0 spiro atoms. The van der Waals surface area contributed by atoms with Gasteiger partial charge in [-0.15, -0.1) is 0 Å². The highest BCUT2D eigenvalue weighted by atomic mass is 16.6. The van der Waals surface area contributed by atoms with Gasteiger partial charge in [-0.1, -0.05) is 30.3 Å². The second-order valence-electron chi connectivity index (χ2n) is 4.64. The summed E-state index contributed by atoms with van der Waals surface area (Å²) in [6.45, 7) is 3.64. The third kappa shape index (κ3) is 2.91. The molecule has 1 aliphatic rings. The van der Waals surface area contributed by atoms with Crippen molar-refractivity contribution in [3.63, 3.8) is 0 Å². The summed E-state index contributed by atoms with van der Waals surface area (Å²) < 4.78 is 15.4. The first-order valence-corrected chi connectivity index (χ1v) is 6.77. The average molecular weight is 290 g/mol. The number of benzene rings is 1. The second-order valence-corrected chi connectivity index (χ2v) is 4.64. The summed E-state index contributed by atoms with van der Waals surface area (Å²) in [5.41, 5.74) is 1.18. The molecule has 0 N–H and O–H groups in total. The van der Waals surface area contributed by atoms with E-state index in [0.29, 0.717) is 11.3 Å². The molecule has 0 bridgehead atoms. The normalized spacial score (nSPS) is 20.9. The molecular weight excluding hydrogens is 272 g/mol. The highest BCUT2D eigenvalue weighted by Gasteiger charge is 2.45. The second kappa shape index (κ2) is 6.43. The molecule has 5 heteroatoms. The Bertz CT molecular complexity index is 561. The molecule has 0 amide bonds. The molecule has 112 valence electrons. The van der Waals surface area contributed by atoms with E-state index in [-0.39, 0.29) is 6.61 Å². The van der Waals surface area contributed by atoms with Gasteiger partial charge in [0.1, 0.15) is 5.76 Å². The molecule has 1 aromatic carbocycles. The standard InChI is InChI=1S/C16H18O5/c1-4-20-16(18)14-13(11-8-6-5-7-9-11)12(10(2)21-14)15(17)19-3/h5-9,13-14H,4H2,1-3H3. The number of methoxy groups -OCH3 is 1. The molecule has 1 aromatic rings. The van der Waals surface area contributed by atoms with Crippen LogP contribution in [0, 0.1) is 0 Å². The Balaban J connectivity index is 2.43. The van der Waals surface area contributed by atoms with Crippen LogP contribution in [0.3, 0.4) is 0 Å². The van der Waals surface area contributed by atoms with Crippen LogP contribution >= 0.6 is 0 Å². The molecule has 5 nitrogen and oxygen atoms in total. The Kier molecular flexibility index (Phi) is 4.62. The summed E-state index contributed by atoms with van der Waals surface area (Å²) in [6, 6.07) is 9.26. The molecule has 21 heavy (non-hydrogen) atoms. The molecule has 0 fully saturated rings. The minimum Gasteiger partial charge on any atom is -0.482 e. The molecule has 0 aliphatic carbocycles. The fourth-order valence-corrected chi connectivity index (χ4v) is 2.48. The first-order valence-electron chi connectivity index (χ1n) is 6.77. The zero-order valence-corrected chi connectivity index (χ0v) is 12.3. The number of ether oxygens (including phenoxy) is 3. The number of hydrogen-bond donors (Lipinski definition) is 0. The summed E-state index contributed by atoms with van der Waals surface area (Å²) in [7, 11) is 1.31. The van der Waals surface area contributed by atoms with Crippen molar-refractivity contribution in [3.05, 3.63) is 47.2 Å². The zero-order valence-electron chi connectivity index (χ0n) is 12.3. The molecule has 1 aliphatic heterocycles. The summed E-state index contributed by atoms with van der Waals surface area (Å²) in [5.74, 6) is -1.09. The maximum atomic E-state index is 12.1. The lowest BCUT2D eigenvalue weighted by molar-refractivity contribution is -0.153. The minimum absolute atomic E-state index is 0.257. The van der Waals surface area contributed by atoms with E-state index in [1.807, 2.05) is 30.3 Å². The third-order valence-corrected chi connectivity index (χ3v) is 3.38. The highest BCUT2D eigenvalue weighted by molar-refractivity contribution is 5.94. The molecule has 1 heterocycles. The summed E-state index contributed by atoms with van der Waals surface area (Å²) >= 11 is 0. The van der Waals surface area contributed by atoms with Gasteiger partial charge in [0.2, 0.25) is 6.10 Å². The van der Waals surface area contributed by atoms with Crippen molar-refractivity contribution in [1.82, 2.24) is 0 Å². The van der Waals surface area contributed by atoms with Crippen molar-refractivity contribution < 1.29 is 23.8 Å².